The number of carbonyl (C=O) groups excluding carboxylic acids is 2. The summed E-state index contributed by atoms with van der Waals surface area (Å²) in [6, 6.07) is 9.04. The lowest BCUT2D eigenvalue weighted by Gasteiger charge is -2.11. The number of halogens is 2. The second kappa shape index (κ2) is 9.14. The van der Waals surface area contributed by atoms with Crippen LogP contribution in [0.3, 0.4) is 0 Å². The Morgan fingerprint density at radius 1 is 1.04 bits per heavy atom. The van der Waals surface area contributed by atoms with Crippen LogP contribution in [0.1, 0.15) is 24.2 Å². The van der Waals surface area contributed by atoms with Crippen LogP contribution in [-0.2, 0) is 0 Å². The summed E-state index contributed by atoms with van der Waals surface area (Å²) in [5.74, 6) is -3.21. The summed E-state index contributed by atoms with van der Waals surface area (Å²) in [6.45, 7) is 3.69. The first-order valence-corrected chi connectivity index (χ1v) is 8.62. The van der Waals surface area contributed by atoms with E-state index in [4.69, 9.17) is 0 Å². The van der Waals surface area contributed by atoms with E-state index >= 15 is 0 Å². The highest BCUT2D eigenvalue weighted by atomic mass is 32.2. The van der Waals surface area contributed by atoms with Crippen molar-refractivity contribution in [1.82, 2.24) is 10.3 Å². The SMILES string of the molecule is CC(C)NC(=O)Nc1ccc(NC(=O)c2cccnc2SC(F)F)cc1. The first-order valence-electron chi connectivity index (χ1n) is 7.74. The minimum Gasteiger partial charge on any atom is -0.336 e. The minimum absolute atomic E-state index is 0.00773. The maximum Gasteiger partial charge on any atom is 0.319 e. The maximum atomic E-state index is 12.6. The van der Waals surface area contributed by atoms with Crippen molar-refractivity contribution in [2.45, 2.75) is 30.7 Å². The van der Waals surface area contributed by atoms with E-state index < -0.39 is 11.7 Å². The summed E-state index contributed by atoms with van der Waals surface area (Å²) >= 11 is 0.218. The quantitative estimate of drug-likeness (QED) is 0.657. The summed E-state index contributed by atoms with van der Waals surface area (Å²) in [5.41, 5.74) is 1.08. The lowest BCUT2D eigenvalue weighted by atomic mass is 10.2. The van der Waals surface area contributed by atoms with Gasteiger partial charge in [-0.1, -0.05) is 0 Å². The number of hydrogen-bond acceptors (Lipinski definition) is 4. The number of nitrogens with zero attached hydrogens (tertiary/aromatic N) is 1. The maximum absolute atomic E-state index is 12.6. The molecule has 138 valence electrons. The number of hydrogen-bond donors (Lipinski definition) is 3. The topological polar surface area (TPSA) is 83.1 Å². The van der Waals surface area contributed by atoms with Crippen LogP contribution in [0.4, 0.5) is 25.0 Å². The molecular weight excluding hydrogens is 362 g/mol. The van der Waals surface area contributed by atoms with Crippen LogP contribution in [-0.4, -0.2) is 28.7 Å². The third-order valence-corrected chi connectivity index (χ3v) is 3.76. The van der Waals surface area contributed by atoms with Gasteiger partial charge in [-0.05, 0) is 62.0 Å². The van der Waals surface area contributed by atoms with Gasteiger partial charge in [-0.15, -0.1) is 0 Å². The molecule has 0 spiro atoms. The highest BCUT2D eigenvalue weighted by molar-refractivity contribution is 7.99. The smallest absolute Gasteiger partial charge is 0.319 e. The third kappa shape index (κ3) is 5.99. The summed E-state index contributed by atoms with van der Waals surface area (Å²) < 4.78 is 25.1. The zero-order valence-corrected chi connectivity index (χ0v) is 14.9. The van der Waals surface area contributed by atoms with Gasteiger partial charge in [0.2, 0.25) is 0 Å². The molecule has 0 saturated heterocycles. The molecule has 1 aromatic heterocycles. The Kier molecular flexibility index (Phi) is 6.90. The van der Waals surface area contributed by atoms with Crippen molar-refractivity contribution in [1.29, 1.82) is 0 Å². The number of anilines is 2. The molecule has 0 atom stereocenters. The van der Waals surface area contributed by atoms with Crippen molar-refractivity contribution in [3.63, 3.8) is 0 Å². The summed E-state index contributed by atoms with van der Waals surface area (Å²) in [4.78, 5) is 27.8. The van der Waals surface area contributed by atoms with Gasteiger partial charge in [0.1, 0.15) is 5.03 Å². The molecule has 0 saturated carbocycles. The van der Waals surface area contributed by atoms with E-state index in [0.717, 1.165) is 0 Å². The monoisotopic (exact) mass is 380 g/mol. The largest absolute Gasteiger partial charge is 0.336 e. The lowest BCUT2D eigenvalue weighted by Crippen LogP contribution is -2.34. The number of amides is 3. The Morgan fingerprint density at radius 2 is 1.65 bits per heavy atom. The second-order valence-corrected chi connectivity index (χ2v) is 6.50. The molecule has 9 heteroatoms. The van der Waals surface area contributed by atoms with Gasteiger partial charge in [-0.25, -0.2) is 9.78 Å². The molecule has 1 aromatic carbocycles. The molecule has 0 aliphatic heterocycles. The molecule has 0 aliphatic rings. The van der Waals surface area contributed by atoms with Gasteiger partial charge in [0.25, 0.3) is 11.7 Å². The van der Waals surface area contributed by atoms with Crippen LogP contribution in [0.15, 0.2) is 47.6 Å². The molecule has 0 radical (unpaired) electrons. The standard InChI is InChI=1S/C17H18F2N4O2S/c1-10(2)21-17(25)23-12-7-5-11(6-8-12)22-14(24)13-4-3-9-20-15(13)26-16(18)19/h3-10,16H,1-2H3,(H,22,24)(H2,21,23,25). The number of alkyl halides is 2. The number of benzene rings is 1. The van der Waals surface area contributed by atoms with Gasteiger partial charge in [-0.2, -0.15) is 8.78 Å². The zero-order valence-electron chi connectivity index (χ0n) is 14.1. The highest BCUT2D eigenvalue weighted by Gasteiger charge is 2.16. The number of rotatable bonds is 6. The Balaban J connectivity index is 2.03. The molecule has 2 rings (SSSR count). The number of urea groups is 1. The number of nitrogens with one attached hydrogen (secondary N) is 3. The van der Waals surface area contributed by atoms with E-state index in [2.05, 4.69) is 20.9 Å². The molecular formula is C17H18F2N4O2S. The molecule has 1 heterocycles. The van der Waals surface area contributed by atoms with E-state index in [1.54, 1.807) is 24.3 Å². The number of carbonyl (C=O) groups is 2. The normalized spacial score (nSPS) is 10.7. The zero-order chi connectivity index (χ0) is 19.1. The van der Waals surface area contributed by atoms with Gasteiger partial charge in [0.15, 0.2) is 0 Å². The predicted molar refractivity (Wildman–Crippen MR) is 97.8 cm³/mol. The summed E-state index contributed by atoms with van der Waals surface area (Å²) in [6.07, 6.45) is 1.35. The molecule has 0 bridgehead atoms. The molecule has 3 N–H and O–H groups in total. The van der Waals surface area contributed by atoms with E-state index in [0.29, 0.717) is 11.4 Å². The summed E-state index contributed by atoms with van der Waals surface area (Å²) in [7, 11) is 0. The van der Waals surface area contributed by atoms with E-state index in [-0.39, 0.29) is 34.4 Å². The summed E-state index contributed by atoms with van der Waals surface area (Å²) in [5, 5.41) is 7.93. The number of thioether (sulfide) groups is 1. The highest BCUT2D eigenvalue weighted by Crippen LogP contribution is 2.27. The van der Waals surface area contributed by atoms with Crippen LogP contribution in [0.25, 0.3) is 0 Å². The Hall–Kier alpha value is -2.68. The van der Waals surface area contributed by atoms with E-state index in [1.165, 1.54) is 18.3 Å². The van der Waals surface area contributed by atoms with Crippen molar-refractivity contribution in [2.75, 3.05) is 10.6 Å². The van der Waals surface area contributed by atoms with Gasteiger partial charge in [-0.3, -0.25) is 4.79 Å². The second-order valence-electron chi connectivity index (χ2n) is 5.52. The van der Waals surface area contributed by atoms with E-state index in [1.807, 2.05) is 13.8 Å². The fourth-order valence-electron chi connectivity index (χ4n) is 2.01. The van der Waals surface area contributed by atoms with Crippen LogP contribution >= 0.6 is 11.8 Å². The molecule has 0 unspecified atom stereocenters. The van der Waals surface area contributed by atoms with Crippen LogP contribution in [0.5, 0.6) is 0 Å². The van der Waals surface area contributed by atoms with Crippen LogP contribution in [0.2, 0.25) is 0 Å². The molecule has 6 nitrogen and oxygen atoms in total. The van der Waals surface area contributed by atoms with E-state index in [9.17, 15) is 18.4 Å². The molecule has 0 fully saturated rings. The fourth-order valence-corrected chi connectivity index (χ4v) is 2.58. The molecule has 3 amide bonds. The van der Waals surface area contributed by atoms with Crippen molar-refractivity contribution in [3.05, 3.63) is 48.2 Å². The molecule has 26 heavy (non-hydrogen) atoms. The van der Waals surface area contributed by atoms with Crippen molar-refractivity contribution in [2.24, 2.45) is 0 Å². The number of aromatic nitrogens is 1. The average Bonchev–Trinajstić information content (AvgIpc) is 2.55. The molecule has 0 aliphatic carbocycles. The number of pyridine rings is 1. The van der Waals surface area contributed by atoms with Crippen molar-refractivity contribution >= 4 is 35.1 Å². The minimum atomic E-state index is -2.67. The van der Waals surface area contributed by atoms with Gasteiger partial charge in [0, 0.05) is 23.6 Å². The third-order valence-electron chi connectivity index (χ3n) is 3.04. The van der Waals surface area contributed by atoms with Crippen molar-refractivity contribution in [3.8, 4) is 0 Å². The van der Waals surface area contributed by atoms with Gasteiger partial charge in [0.05, 0.1) is 5.56 Å². The lowest BCUT2D eigenvalue weighted by molar-refractivity contribution is 0.102. The average molecular weight is 380 g/mol. The first-order chi connectivity index (χ1) is 12.3. The van der Waals surface area contributed by atoms with Gasteiger partial charge >= 0.3 is 6.03 Å². The van der Waals surface area contributed by atoms with Gasteiger partial charge < -0.3 is 16.0 Å². The Labute approximate surface area is 153 Å². The molecule has 2 aromatic rings. The van der Waals surface area contributed by atoms with Crippen LogP contribution < -0.4 is 16.0 Å². The fraction of sp³-hybridized carbons (Fsp3) is 0.235. The Morgan fingerprint density at radius 3 is 2.23 bits per heavy atom. The van der Waals surface area contributed by atoms with Crippen LogP contribution in [0, 0.1) is 0 Å². The Bertz CT molecular complexity index is 770. The predicted octanol–water partition coefficient (Wildman–Crippen LogP) is 4.18. The van der Waals surface area contributed by atoms with Crippen molar-refractivity contribution < 1.29 is 18.4 Å². The first kappa shape index (κ1) is 19.6.